The number of aromatic nitrogens is 3. The van der Waals surface area contributed by atoms with Crippen LogP contribution in [0, 0.1) is 0 Å². The maximum absolute atomic E-state index is 12.3. The summed E-state index contributed by atoms with van der Waals surface area (Å²) in [4.78, 5) is 38.3. The van der Waals surface area contributed by atoms with E-state index >= 15 is 0 Å². The lowest BCUT2D eigenvalue weighted by Crippen LogP contribution is -2.21. The van der Waals surface area contributed by atoms with Crippen molar-refractivity contribution in [3.05, 3.63) is 29.2 Å². The van der Waals surface area contributed by atoms with Crippen LogP contribution in [0.1, 0.15) is 29.0 Å². The molecule has 9 heteroatoms. The van der Waals surface area contributed by atoms with Crippen LogP contribution in [0.15, 0.2) is 17.8 Å². The number of amides is 2. The normalized spacial score (nSPS) is 13.8. The van der Waals surface area contributed by atoms with E-state index in [1.807, 2.05) is 0 Å². The molecule has 0 spiro atoms. The summed E-state index contributed by atoms with van der Waals surface area (Å²) in [5, 5.41) is 7.45. The molecule has 1 aliphatic rings. The van der Waals surface area contributed by atoms with Gasteiger partial charge < -0.3 is 10.2 Å². The van der Waals surface area contributed by atoms with E-state index in [9.17, 15) is 9.59 Å². The van der Waals surface area contributed by atoms with Crippen molar-refractivity contribution >= 4 is 34.1 Å². The molecule has 2 amide bonds. The van der Waals surface area contributed by atoms with E-state index in [-0.39, 0.29) is 18.2 Å². The molecule has 3 heterocycles. The molecule has 1 fully saturated rings. The van der Waals surface area contributed by atoms with Crippen LogP contribution < -0.4 is 15.5 Å². The third-order valence-corrected chi connectivity index (χ3v) is 4.51. The maximum atomic E-state index is 12.3. The van der Waals surface area contributed by atoms with E-state index in [1.165, 1.54) is 17.7 Å². The molecule has 8 nitrogen and oxygen atoms in total. The summed E-state index contributed by atoms with van der Waals surface area (Å²) >= 11 is 1.28. The zero-order valence-electron chi connectivity index (χ0n) is 13.3. The monoisotopic (exact) mass is 346 g/mol. The van der Waals surface area contributed by atoms with Gasteiger partial charge in [-0.1, -0.05) is 0 Å². The minimum Gasteiger partial charge on any atom is -0.359 e. The van der Waals surface area contributed by atoms with E-state index in [4.69, 9.17) is 0 Å². The first-order valence-electron chi connectivity index (χ1n) is 7.69. The highest BCUT2D eigenvalue weighted by Crippen LogP contribution is 2.19. The highest BCUT2D eigenvalue weighted by atomic mass is 32.1. The van der Waals surface area contributed by atoms with Crippen molar-refractivity contribution in [2.75, 3.05) is 30.4 Å². The van der Waals surface area contributed by atoms with Gasteiger partial charge in [-0.3, -0.25) is 14.9 Å². The molecule has 0 aliphatic carbocycles. The Morgan fingerprint density at radius 2 is 2.08 bits per heavy atom. The Balaban J connectivity index is 1.66. The number of anilines is 2. The first-order chi connectivity index (χ1) is 11.7. The zero-order chi connectivity index (χ0) is 16.9. The van der Waals surface area contributed by atoms with Crippen molar-refractivity contribution in [3.63, 3.8) is 0 Å². The van der Waals surface area contributed by atoms with Gasteiger partial charge in [0.2, 0.25) is 5.91 Å². The quantitative estimate of drug-likeness (QED) is 0.840. The van der Waals surface area contributed by atoms with E-state index in [0.29, 0.717) is 16.5 Å². The second kappa shape index (κ2) is 7.35. The number of rotatable bonds is 5. The molecule has 0 bridgehead atoms. The highest BCUT2D eigenvalue weighted by Gasteiger charge is 2.17. The summed E-state index contributed by atoms with van der Waals surface area (Å²) in [6.07, 6.45) is 3.87. The van der Waals surface area contributed by atoms with E-state index in [1.54, 1.807) is 18.5 Å². The summed E-state index contributed by atoms with van der Waals surface area (Å²) < 4.78 is 0. The molecule has 0 radical (unpaired) electrons. The Morgan fingerprint density at radius 3 is 2.83 bits per heavy atom. The predicted molar refractivity (Wildman–Crippen MR) is 91.3 cm³/mol. The summed E-state index contributed by atoms with van der Waals surface area (Å²) in [7, 11) is 1.57. The minimum absolute atomic E-state index is 0.121. The van der Waals surface area contributed by atoms with Crippen LogP contribution in [-0.4, -0.2) is 46.9 Å². The molecular weight excluding hydrogens is 328 g/mol. The fourth-order valence-corrected chi connectivity index (χ4v) is 3.16. The number of carbonyl (C=O) groups excluding carboxylic acids is 2. The van der Waals surface area contributed by atoms with Crippen LogP contribution in [-0.2, 0) is 11.2 Å². The number of hydrogen-bond donors (Lipinski definition) is 2. The number of nitrogens with zero attached hydrogens (tertiary/aromatic N) is 4. The molecule has 0 saturated carbocycles. The van der Waals surface area contributed by atoms with Crippen molar-refractivity contribution in [2.45, 2.75) is 19.3 Å². The Labute approximate surface area is 143 Å². The van der Waals surface area contributed by atoms with Crippen molar-refractivity contribution < 1.29 is 9.59 Å². The van der Waals surface area contributed by atoms with Crippen LogP contribution in [0.2, 0.25) is 0 Å². The second-order valence-electron chi connectivity index (χ2n) is 5.40. The van der Waals surface area contributed by atoms with Crippen LogP contribution >= 0.6 is 11.3 Å². The molecule has 1 aliphatic heterocycles. The molecular formula is C15H18N6O2S. The standard InChI is InChI=1S/C15H18N6O2S/c1-16-13(22)6-10-8-24-15(19-10)20-14(23)11-7-12(18-9-17-11)21-4-2-3-5-21/h7-9H,2-6H2,1H3,(H,16,22)(H,19,20,23). The Kier molecular flexibility index (Phi) is 4.99. The third kappa shape index (κ3) is 3.85. The molecule has 0 unspecified atom stereocenters. The third-order valence-electron chi connectivity index (χ3n) is 3.71. The van der Waals surface area contributed by atoms with Crippen molar-refractivity contribution in [2.24, 2.45) is 0 Å². The molecule has 0 atom stereocenters. The van der Waals surface area contributed by atoms with Gasteiger partial charge >= 0.3 is 0 Å². The van der Waals surface area contributed by atoms with Gasteiger partial charge in [-0.25, -0.2) is 15.0 Å². The highest BCUT2D eigenvalue weighted by molar-refractivity contribution is 7.14. The molecule has 2 aromatic heterocycles. The van der Waals surface area contributed by atoms with Crippen molar-refractivity contribution in [1.29, 1.82) is 0 Å². The number of likely N-dealkylation sites (N-methyl/N-ethyl adjacent to an activating group) is 1. The zero-order valence-corrected chi connectivity index (χ0v) is 14.1. The van der Waals surface area contributed by atoms with E-state index in [2.05, 4.69) is 30.5 Å². The van der Waals surface area contributed by atoms with Gasteiger partial charge in [-0.15, -0.1) is 11.3 Å². The Hall–Kier alpha value is -2.55. The largest absolute Gasteiger partial charge is 0.359 e. The SMILES string of the molecule is CNC(=O)Cc1csc(NC(=O)c2cc(N3CCCC3)ncn2)n1. The molecule has 126 valence electrons. The van der Waals surface area contributed by atoms with Gasteiger partial charge in [0.05, 0.1) is 12.1 Å². The lowest BCUT2D eigenvalue weighted by molar-refractivity contribution is -0.120. The predicted octanol–water partition coefficient (Wildman–Crippen LogP) is 1.07. The van der Waals surface area contributed by atoms with E-state index in [0.717, 1.165) is 31.7 Å². The number of carbonyl (C=O) groups is 2. The fraction of sp³-hybridized carbons (Fsp3) is 0.400. The topological polar surface area (TPSA) is 100 Å². The van der Waals surface area contributed by atoms with Gasteiger partial charge in [0.1, 0.15) is 17.8 Å². The molecule has 2 aromatic rings. The number of hydrogen-bond acceptors (Lipinski definition) is 7. The maximum Gasteiger partial charge on any atom is 0.276 e. The Bertz CT molecular complexity index is 741. The van der Waals surface area contributed by atoms with Crippen LogP contribution in [0.4, 0.5) is 10.9 Å². The van der Waals surface area contributed by atoms with Crippen LogP contribution in [0.25, 0.3) is 0 Å². The van der Waals surface area contributed by atoms with Crippen molar-refractivity contribution in [3.8, 4) is 0 Å². The van der Waals surface area contributed by atoms with Crippen LogP contribution in [0.5, 0.6) is 0 Å². The molecule has 3 rings (SSSR count). The van der Waals surface area contributed by atoms with Gasteiger partial charge in [-0.05, 0) is 12.8 Å². The van der Waals surface area contributed by atoms with Gasteiger partial charge in [0.25, 0.3) is 5.91 Å². The first-order valence-corrected chi connectivity index (χ1v) is 8.57. The average molecular weight is 346 g/mol. The number of nitrogens with one attached hydrogen (secondary N) is 2. The van der Waals surface area contributed by atoms with Gasteiger partial charge in [0, 0.05) is 31.6 Å². The number of thiazole rings is 1. The molecule has 0 aromatic carbocycles. The van der Waals surface area contributed by atoms with Gasteiger partial charge in [0.15, 0.2) is 5.13 Å². The van der Waals surface area contributed by atoms with Crippen LogP contribution in [0.3, 0.4) is 0 Å². The fourth-order valence-electron chi connectivity index (χ4n) is 2.45. The summed E-state index contributed by atoms with van der Waals surface area (Å²) in [6, 6.07) is 1.69. The average Bonchev–Trinajstić information content (AvgIpc) is 3.27. The molecule has 24 heavy (non-hydrogen) atoms. The Morgan fingerprint density at radius 1 is 1.29 bits per heavy atom. The summed E-state index contributed by atoms with van der Waals surface area (Å²) in [5.41, 5.74) is 0.921. The minimum atomic E-state index is -0.335. The first kappa shape index (κ1) is 16.3. The van der Waals surface area contributed by atoms with Crippen molar-refractivity contribution in [1.82, 2.24) is 20.3 Å². The smallest absolute Gasteiger partial charge is 0.276 e. The molecule has 1 saturated heterocycles. The summed E-state index contributed by atoms with van der Waals surface area (Å²) in [6.45, 7) is 1.90. The second-order valence-corrected chi connectivity index (χ2v) is 6.26. The molecule has 2 N–H and O–H groups in total. The lowest BCUT2D eigenvalue weighted by atomic mass is 10.3. The van der Waals surface area contributed by atoms with Gasteiger partial charge in [-0.2, -0.15) is 0 Å². The summed E-state index contributed by atoms with van der Waals surface area (Å²) in [5.74, 6) is 0.315. The van der Waals surface area contributed by atoms with E-state index < -0.39 is 0 Å². The lowest BCUT2D eigenvalue weighted by Gasteiger charge is -2.16.